The van der Waals surface area contributed by atoms with Gasteiger partial charge in [0, 0.05) is 22.6 Å². The Morgan fingerprint density at radius 2 is 2.05 bits per heavy atom. The molecule has 0 unspecified atom stereocenters. The van der Waals surface area contributed by atoms with Crippen molar-refractivity contribution in [2.75, 3.05) is 5.32 Å². The number of hydrogen-bond acceptors (Lipinski definition) is 3. The molecule has 0 fully saturated rings. The first-order valence-electron chi connectivity index (χ1n) is 5.89. The Balaban J connectivity index is 2.00. The maximum Gasteiger partial charge on any atom is 0.265 e. The number of amides is 1. The van der Waals surface area contributed by atoms with Gasteiger partial charge in [-0.2, -0.15) is 0 Å². The first-order chi connectivity index (χ1) is 9.56. The lowest BCUT2D eigenvalue weighted by Gasteiger charge is -2.15. The number of nitrogens with one attached hydrogen (secondary N) is 1. The van der Waals surface area contributed by atoms with Crippen LogP contribution in [-0.2, 0) is 4.79 Å². The highest BCUT2D eigenvalue weighted by atomic mass is 79.9. The lowest BCUT2D eigenvalue weighted by Crippen LogP contribution is -2.30. The number of halogens is 2. The van der Waals surface area contributed by atoms with E-state index in [2.05, 4.69) is 26.2 Å². The lowest BCUT2D eigenvalue weighted by atomic mass is 10.3. The fourth-order valence-electron chi connectivity index (χ4n) is 1.49. The van der Waals surface area contributed by atoms with E-state index in [1.165, 1.54) is 0 Å². The quantitative estimate of drug-likeness (QED) is 0.905. The van der Waals surface area contributed by atoms with Gasteiger partial charge in [0.1, 0.15) is 5.75 Å². The van der Waals surface area contributed by atoms with Crippen molar-refractivity contribution < 1.29 is 9.53 Å². The molecular formula is C14H12BrClN2O2. The van der Waals surface area contributed by atoms with E-state index in [9.17, 15) is 4.79 Å². The van der Waals surface area contributed by atoms with Gasteiger partial charge in [-0.25, -0.2) is 0 Å². The standard InChI is InChI=1S/C14H12BrClN2O2/c1-9(14(19)18-11-4-6-17-7-5-11)20-13-3-2-10(15)8-12(13)16/h2-9H,1H3,(H,17,18,19)/t9-/m0/s1. The largest absolute Gasteiger partial charge is 0.479 e. The zero-order valence-electron chi connectivity index (χ0n) is 10.6. The van der Waals surface area contributed by atoms with Crippen molar-refractivity contribution in [2.24, 2.45) is 0 Å². The Bertz CT molecular complexity index is 607. The molecule has 1 heterocycles. The van der Waals surface area contributed by atoms with Crippen LogP contribution in [0.3, 0.4) is 0 Å². The molecule has 0 radical (unpaired) electrons. The number of benzene rings is 1. The van der Waals surface area contributed by atoms with Crippen LogP contribution in [0.5, 0.6) is 5.75 Å². The molecule has 2 rings (SSSR count). The van der Waals surface area contributed by atoms with Gasteiger partial charge in [0.05, 0.1) is 5.02 Å². The van der Waals surface area contributed by atoms with Gasteiger partial charge in [0.2, 0.25) is 0 Å². The third kappa shape index (κ3) is 3.95. The normalized spacial score (nSPS) is 11.8. The summed E-state index contributed by atoms with van der Waals surface area (Å²) < 4.78 is 6.40. The number of hydrogen-bond donors (Lipinski definition) is 1. The summed E-state index contributed by atoms with van der Waals surface area (Å²) in [6.45, 7) is 1.66. The monoisotopic (exact) mass is 354 g/mol. The highest BCUT2D eigenvalue weighted by molar-refractivity contribution is 9.10. The van der Waals surface area contributed by atoms with Crippen molar-refractivity contribution in [3.63, 3.8) is 0 Å². The molecule has 1 N–H and O–H groups in total. The molecule has 0 aliphatic rings. The topological polar surface area (TPSA) is 51.2 Å². The van der Waals surface area contributed by atoms with Gasteiger partial charge in [-0.15, -0.1) is 0 Å². The van der Waals surface area contributed by atoms with E-state index in [0.29, 0.717) is 16.5 Å². The number of anilines is 1. The van der Waals surface area contributed by atoms with E-state index in [0.717, 1.165) is 4.47 Å². The van der Waals surface area contributed by atoms with E-state index in [4.69, 9.17) is 16.3 Å². The molecule has 0 spiro atoms. The molecule has 1 aromatic heterocycles. The van der Waals surface area contributed by atoms with Crippen LogP contribution in [-0.4, -0.2) is 17.0 Å². The summed E-state index contributed by atoms with van der Waals surface area (Å²) >= 11 is 9.35. The lowest BCUT2D eigenvalue weighted by molar-refractivity contribution is -0.122. The van der Waals surface area contributed by atoms with Crippen LogP contribution in [0.4, 0.5) is 5.69 Å². The minimum Gasteiger partial charge on any atom is -0.479 e. The van der Waals surface area contributed by atoms with Gasteiger partial charge in [-0.3, -0.25) is 9.78 Å². The average Bonchev–Trinajstić information content (AvgIpc) is 2.43. The summed E-state index contributed by atoms with van der Waals surface area (Å²) in [4.78, 5) is 15.9. The van der Waals surface area contributed by atoms with Crippen molar-refractivity contribution >= 4 is 39.1 Å². The second kappa shape index (κ2) is 6.72. The molecule has 104 valence electrons. The molecule has 1 amide bonds. The van der Waals surface area contributed by atoms with Crippen molar-refractivity contribution in [1.29, 1.82) is 0 Å². The van der Waals surface area contributed by atoms with Crippen LogP contribution in [0.25, 0.3) is 0 Å². The second-order valence-electron chi connectivity index (χ2n) is 4.06. The first-order valence-corrected chi connectivity index (χ1v) is 7.06. The molecule has 2 aromatic rings. The molecule has 0 saturated heterocycles. The third-order valence-corrected chi connectivity index (χ3v) is 3.30. The highest BCUT2D eigenvalue weighted by Gasteiger charge is 2.16. The Kier molecular flexibility index (Phi) is 4.98. The Labute approximate surface area is 130 Å². The van der Waals surface area contributed by atoms with Crippen molar-refractivity contribution in [3.05, 3.63) is 52.2 Å². The zero-order chi connectivity index (χ0) is 14.5. The van der Waals surface area contributed by atoms with E-state index in [-0.39, 0.29) is 5.91 Å². The fraction of sp³-hybridized carbons (Fsp3) is 0.143. The molecule has 0 aliphatic carbocycles. The van der Waals surface area contributed by atoms with Crippen molar-refractivity contribution in [3.8, 4) is 5.75 Å². The van der Waals surface area contributed by atoms with E-state index in [1.807, 2.05) is 0 Å². The molecular weight excluding hydrogens is 344 g/mol. The van der Waals surface area contributed by atoms with Gasteiger partial charge < -0.3 is 10.1 Å². The predicted molar refractivity (Wildman–Crippen MR) is 82.1 cm³/mol. The molecule has 6 heteroatoms. The van der Waals surface area contributed by atoms with Gasteiger partial charge in [0.15, 0.2) is 6.10 Å². The smallest absolute Gasteiger partial charge is 0.265 e. The number of ether oxygens (including phenoxy) is 1. The summed E-state index contributed by atoms with van der Waals surface area (Å²) in [5.74, 6) is 0.211. The Hall–Kier alpha value is -1.59. The van der Waals surface area contributed by atoms with Crippen LogP contribution in [0.1, 0.15) is 6.92 Å². The van der Waals surface area contributed by atoms with E-state index in [1.54, 1.807) is 49.6 Å². The molecule has 20 heavy (non-hydrogen) atoms. The fourth-order valence-corrected chi connectivity index (χ4v) is 2.21. The van der Waals surface area contributed by atoms with Crippen LogP contribution < -0.4 is 10.1 Å². The molecule has 0 bridgehead atoms. The molecule has 1 atom stereocenters. The van der Waals surface area contributed by atoms with Crippen LogP contribution in [0.2, 0.25) is 5.02 Å². The minimum absolute atomic E-state index is 0.254. The van der Waals surface area contributed by atoms with Crippen molar-refractivity contribution in [2.45, 2.75) is 13.0 Å². The first kappa shape index (κ1) is 14.8. The summed E-state index contributed by atoms with van der Waals surface area (Å²) in [5.41, 5.74) is 0.669. The number of rotatable bonds is 4. The third-order valence-electron chi connectivity index (χ3n) is 2.51. The average molecular weight is 356 g/mol. The second-order valence-corrected chi connectivity index (χ2v) is 5.38. The molecule has 1 aromatic carbocycles. The van der Waals surface area contributed by atoms with Gasteiger partial charge >= 0.3 is 0 Å². The van der Waals surface area contributed by atoms with Crippen LogP contribution in [0, 0.1) is 0 Å². The van der Waals surface area contributed by atoms with Crippen molar-refractivity contribution in [1.82, 2.24) is 4.98 Å². The minimum atomic E-state index is -0.665. The number of pyridine rings is 1. The number of carbonyl (C=O) groups is 1. The predicted octanol–water partition coefficient (Wildman–Crippen LogP) is 3.90. The molecule has 0 aliphatic heterocycles. The number of nitrogens with zero attached hydrogens (tertiary/aromatic N) is 1. The summed E-state index contributed by atoms with van der Waals surface area (Å²) in [6, 6.07) is 8.64. The maximum atomic E-state index is 12.0. The zero-order valence-corrected chi connectivity index (χ0v) is 13.0. The van der Waals surface area contributed by atoms with Gasteiger partial charge in [-0.05, 0) is 37.3 Å². The Morgan fingerprint density at radius 1 is 1.35 bits per heavy atom. The number of carbonyl (C=O) groups excluding carboxylic acids is 1. The van der Waals surface area contributed by atoms with E-state index >= 15 is 0 Å². The SMILES string of the molecule is C[C@H](Oc1ccc(Br)cc1Cl)C(=O)Nc1ccncc1. The van der Waals surface area contributed by atoms with Gasteiger partial charge in [0.25, 0.3) is 5.91 Å². The summed E-state index contributed by atoms with van der Waals surface area (Å²) in [5, 5.41) is 3.18. The molecule has 0 saturated carbocycles. The maximum absolute atomic E-state index is 12.0. The van der Waals surface area contributed by atoms with Gasteiger partial charge in [-0.1, -0.05) is 27.5 Å². The highest BCUT2D eigenvalue weighted by Crippen LogP contribution is 2.28. The summed E-state index contributed by atoms with van der Waals surface area (Å²) in [7, 11) is 0. The van der Waals surface area contributed by atoms with Crippen LogP contribution >= 0.6 is 27.5 Å². The number of aromatic nitrogens is 1. The van der Waals surface area contributed by atoms with Crippen LogP contribution in [0.15, 0.2) is 47.2 Å². The van der Waals surface area contributed by atoms with E-state index < -0.39 is 6.10 Å². The summed E-state index contributed by atoms with van der Waals surface area (Å²) in [6.07, 6.45) is 2.54. The molecule has 4 nitrogen and oxygen atoms in total. The Morgan fingerprint density at radius 3 is 2.70 bits per heavy atom.